The summed E-state index contributed by atoms with van der Waals surface area (Å²) in [5.41, 5.74) is 1.62. The van der Waals surface area contributed by atoms with Crippen molar-refractivity contribution in [2.24, 2.45) is 0 Å². The first-order valence-corrected chi connectivity index (χ1v) is 8.01. The second-order valence-corrected chi connectivity index (χ2v) is 5.57. The maximum atomic E-state index is 5.50. The summed E-state index contributed by atoms with van der Waals surface area (Å²) >= 11 is 0. The van der Waals surface area contributed by atoms with Gasteiger partial charge in [-0.3, -0.25) is 4.98 Å². The van der Waals surface area contributed by atoms with E-state index >= 15 is 0 Å². The van der Waals surface area contributed by atoms with Gasteiger partial charge < -0.3 is 9.73 Å². The Morgan fingerprint density at radius 1 is 0.920 bits per heavy atom. The van der Waals surface area contributed by atoms with Crippen LogP contribution >= 0.6 is 0 Å². The molecule has 0 amide bonds. The Hall–Kier alpha value is -3.35. The fourth-order valence-electron chi connectivity index (χ4n) is 2.64. The molecule has 3 aromatic heterocycles. The van der Waals surface area contributed by atoms with Gasteiger partial charge in [-0.1, -0.05) is 30.3 Å². The lowest BCUT2D eigenvalue weighted by molar-refractivity contribution is 0.531. The van der Waals surface area contributed by atoms with Crippen LogP contribution in [0.25, 0.3) is 22.4 Å². The van der Waals surface area contributed by atoms with E-state index in [0.29, 0.717) is 24.0 Å². The zero-order valence-corrected chi connectivity index (χ0v) is 13.7. The lowest BCUT2D eigenvalue weighted by Gasteiger charge is -2.09. The molecule has 25 heavy (non-hydrogen) atoms. The van der Waals surface area contributed by atoms with Crippen LogP contribution in [0.3, 0.4) is 0 Å². The summed E-state index contributed by atoms with van der Waals surface area (Å²) in [6, 6.07) is 13.8. The van der Waals surface area contributed by atoms with Crippen LogP contribution in [0.15, 0.2) is 53.1 Å². The van der Waals surface area contributed by atoms with Crippen molar-refractivity contribution < 1.29 is 4.42 Å². The van der Waals surface area contributed by atoms with E-state index in [-0.39, 0.29) is 0 Å². The lowest BCUT2D eigenvalue weighted by atomic mass is 10.1. The number of nitrogens with one attached hydrogen (secondary N) is 1. The molecule has 0 unspecified atom stereocenters. The van der Waals surface area contributed by atoms with E-state index in [0.717, 1.165) is 28.7 Å². The molecule has 7 nitrogen and oxygen atoms in total. The van der Waals surface area contributed by atoms with Gasteiger partial charge in [-0.25, -0.2) is 0 Å². The quantitative estimate of drug-likeness (QED) is 0.600. The van der Waals surface area contributed by atoms with Gasteiger partial charge in [0.05, 0.1) is 0 Å². The predicted molar refractivity (Wildman–Crippen MR) is 94.0 cm³/mol. The van der Waals surface area contributed by atoms with Gasteiger partial charge in [-0.05, 0) is 12.1 Å². The zero-order valence-electron chi connectivity index (χ0n) is 13.7. The van der Waals surface area contributed by atoms with Gasteiger partial charge >= 0.3 is 0 Å². The van der Waals surface area contributed by atoms with Crippen LogP contribution in [-0.2, 0) is 6.42 Å². The van der Waals surface area contributed by atoms with E-state index < -0.39 is 0 Å². The highest BCUT2D eigenvalue weighted by molar-refractivity contribution is 5.98. The van der Waals surface area contributed by atoms with Gasteiger partial charge in [0, 0.05) is 42.6 Å². The second kappa shape index (κ2) is 6.64. The van der Waals surface area contributed by atoms with Crippen LogP contribution in [0.2, 0.25) is 0 Å². The molecule has 3 heterocycles. The first kappa shape index (κ1) is 15.2. The van der Waals surface area contributed by atoms with Crippen molar-refractivity contribution >= 4 is 16.6 Å². The largest absolute Gasteiger partial charge is 0.420 e. The molecule has 0 fully saturated rings. The number of aryl methyl sites for hydroxylation is 1. The van der Waals surface area contributed by atoms with Gasteiger partial charge in [0.25, 0.3) is 5.89 Å². The number of fused-ring (bicyclic) bond motifs is 1. The number of benzene rings is 1. The van der Waals surface area contributed by atoms with Crippen LogP contribution in [-0.4, -0.2) is 31.9 Å². The number of anilines is 1. The third-order valence-electron chi connectivity index (χ3n) is 3.82. The average Bonchev–Trinajstić information content (AvgIpc) is 3.09. The Bertz CT molecular complexity index is 999. The second-order valence-electron chi connectivity index (χ2n) is 5.57. The molecule has 0 aliphatic heterocycles. The third-order valence-corrected chi connectivity index (χ3v) is 3.82. The normalized spacial score (nSPS) is 10.9. The Labute approximate surface area is 144 Å². The van der Waals surface area contributed by atoms with Gasteiger partial charge in [-0.15, -0.1) is 20.4 Å². The minimum atomic E-state index is 0.376. The van der Waals surface area contributed by atoms with Crippen LogP contribution in [0.4, 0.5) is 5.82 Å². The monoisotopic (exact) mass is 332 g/mol. The van der Waals surface area contributed by atoms with Crippen molar-refractivity contribution in [2.45, 2.75) is 13.3 Å². The van der Waals surface area contributed by atoms with Gasteiger partial charge in [0.1, 0.15) is 0 Å². The standard InChI is InChI=1S/C18H16N6O/c1-12-21-24-18(25-12)16-14-7-2-3-8-15(14)17(23-22-16)20-11-9-13-6-4-5-10-19-13/h2-8,10H,9,11H2,1H3,(H,20,23). The molecule has 0 atom stereocenters. The van der Waals surface area contributed by atoms with Crippen LogP contribution < -0.4 is 5.32 Å². The summed E-state index contributed by atoms with van der Waals surface area (Å²) in [5, 5.41) is 21.7. The summed E-state index contributed by atoms with van der Waals surface area (Å²) in [4.78, 5) is 4.32. The van der Waals surface area contributed by atoms with Crippen molar-refractivity contribution in [1.82, 2.24) is 25.4 Å². The van der Waals surface area contributed by atoms with E-state index in [1.165, 1.54) is 0 Å². The molecular formula is C18H16N6O. The predicted octanol–water partition coefficient (Wildman–Crippen LogP) is 3.04. The smallest absolute Gasteiger partial charge is 0.268 e. The molecule has 124 valence electrons. The molecule has 7 heteroatoms. The van der Waals surface area contributed by atoms with E-state index in [9.17, 15) is 0 Å². The van der Waals surface area contributed by atoms with Crippen molar-refractivity contribution in [3.8, 4) is 11.6 Å². The molecule has 0 aliphatic rings. The van der Waals surface area contributed by atoms with Gasteiger partial charge in [-0.2, -0.15) is 0 Å². The van der Waals surface area contributed by atoms with Crippen LogP contribution in [0.5, 0.6) is 0 Å². The third kappa shape index (κ3) is 3.16. The van der Waals surface area contributed by atoms with Crippen molar-refractivity contribution in [3.05, 3.63) is 60.2 Å². The topological polar surface area (TPSA) is 89.6 Å². The van der Waals surface area contributed by atoms with E-state index in [2.05, 4.69) is 30.7 Å². The number of nitrogens with zero attached hydrogens (tertiary/aromatic N) is 5. The van der Waals surface area contributed by atoms with E-state index in [1.54, 1.807) is 13.1 Å². The maximum Gasteiger partial charge on any atom is 0.268 e. The molecule has 0 aliphatic carbocycles. The summed E-state index contributed by atoms with van der Waals surface area (Å²) < 4.78 is 5.50. The Balaban J connectivity index is 1.62. The van der Waals surface area contributed by atoms with Crippen molar-refractivity contribution in [1.29, 1.82) is 0 Å². The molecule has 0 spiro atoms. The first-order valence-electron chi connectivity index (χ1n) is 8.01. The fraction of sp³-hybridized carbons (Fsp3) is 0.167. The summed E-state index contributed by atoms with van der Waals surface area (Å²) in [6.07, 6.45) is 2.60. The molecule has 0 saturated carbocycles. The number of rotatable bonds is 5. The van der Waals surface area contributed by atoms with Gasteiger partial charge in [0.15, 0.2) is 11.5 Å². The Morgan fingerprint density at radius 2 is 1.76 bits per heavy atom. The molecule has 0 saturated heterocycles. The van der Waals surface area contributed by atoms with Gasteiger partial charge in [0.2, 0.25) is 5.89 Å². The molecule has 0 bridgehead atoms. The summed E-state index contributed by atoms with van der Waals surface area (Å²) in [6.45, 7) is 2.47. The molecule has 4 aromatic rings. The number of hydrogen-bond acceptors (Lipinski definition) is 7. The highest BCUT2D eigenvalue weighted by Gasteiger charge is 2.15. The molecule has 1 N–H and O–H groups in total. The molecule has 1 aromatic carbocycles. The summed E-state index contributed by atoms with van der Waals surface area (Å²) in [7, 11) is 0. The fourth-order valence-corrected chi connectivity index (χ4v) is 2.64. The van der Waals surface area contributed by atoms with E-state index in [4.69, 9.17) is 4.42 Å². The van der Waals surface area contributed by atoms with E-state index in [1.807, 2.05) is 42.5 Å². The maximum absolute atomic E-state index is 5.50. The Kier molecular flexibility index (Phi) is 4.04. The highest BCUT2D eigenvalue weighted by Crippen LogP contribution is 2.28. The SMILES string of the molecule is Cc1nnc(-c2nnc(NCCc3ccccn3)c3ccccc23)o1. The van der Waals surface area contributed by atoms with Crippen molar-refractivity contribution in [3.63, 3.8) is 0 Å². The molecule has 0 radical (unpaired) electrons. The molecule has 4 rings (SSSR count). The Morgan fingerprint density at radius 3 is 2.52 bits per heavy atom. The minimum Gasteiger partial charge on any atom is -0.420 e. The summed E-state index contributed by atoms with van der Waals surface area (Å²) in [5.74, 6) is 1.60. The highest BCUT2D eigenvalue weighted by atomic mass is 16.4. The lowest BCUT2D eigenvalue weighted by Crippen LogP contribution is -2.08. The number of hydrogen-bond donors (Lipinski definition) is 1. The number of aromatic nitrogens is 5. The molecular weight excluding hydrogens is 316 g/mol. The average molecular weight is 332 g/mol. The minimum absolute atomic E-state index is 0.376. The zero-order chi connectivity index (χ0) is 17.1. The first-order chi connectivity index (χ1) is 12.3. The van der Waals surface area contributed by atoms with Crippen LogP contribution in [0, 0.1) is 6.92 Å². The van der Waals surface area contributed by atoms with Crippen molar-refractivity contribution in [2.75, 3.05) is 11.9 Å². The number of pyridine rings is 1. The van der Waals surface area contributed by atoms with Crippen LogP contribution in [0.1, 0.15) is 11.6 Å².